The molecule has 104 valence electrons. The smallest absolute Gasteiger partial charge is 0.287 e. The minimum atomic E-state index is -0.403. The van der Waals surface area contributed by atoms with Gasteiger partial charge in [0.2, 0.25) is 0 Å². The number of amides is 2. The van der Waals surface area contributed by atoms with Crippen LogP contribution in [0, 0.1) is 0 Å². The highest BCUT2D eigenvalue weighted by Crippen LogP contribution is 2.13. The van der Waals surface area contributed by atoms with E-state index in [2.05, 4.69) is 26.7 Å². The van der Waals surface area contributed by atoms with Gasteiger partial charge in [0.1, 0.15) is 0 Å². The van der Waals surface area contributed by atoms with Crippen molar-refractivity contribution in [1.82, 2.24) is 15.8 Å². The van der Waals surface area contributed by atoms with Crippen molar-refractivity contribution < 1.29 is 14.0 Å². The van der Waals surface area contributed by atoms with Gasteiger partial charge >= 0.3 is 0 Å². The van der Waals surface area contributed by atoms with Crippen molar-refractivity contribution in [2.24, 2.45) is 0 Å². The van der Waals surface area contributed by atoms with Crippen molar-refractivity contribution in [3.8, 4) is 0 Å². The van der Waals surface area contributed by atoms with Crippen LogP contribution < -0.4 is 10.7 Å². The van der Waals surface area contributed by atoms with Crippen LogP contribution >= 0.6 is 15.9 Å². The van der Waals surface area contributed by atoms with E-state index in [0.29, 0.717) is 4.67 Å². The van der Waals surface area contributed by atoms with Crippen LogP contribution in [0.15, 0.2) is 21.2 Å². The van der Waals surface area contributed by atoms with Crippen LogP contribution in [0.1, 0.15) is 29.8 Å². The van der Waals surface area contributed by atoms with Crippen LogP contribution in [0.4, 0.5) is 0 Å². The van der Waals surface area contributed by atoms with E-state index in [-0.39, 0.29) is 18.2 Å². The van der Waals surface area contributed by atoms with E-state index < -0.39 is 5.91 Å². The molecule has 1 aliphatic rings. The van der Waals surface area contributed by atoms with Gasteiger partial charge in [-0.1, -0.05) is 6.42 Å². The Morgan fingerprint density at radius 3 is 2.63 bits per heavy atom. The van der Waals surface area contributed by atoms with Crippen LogP contribution in [-0.2, 0) is 4.79 Å². The molecule has 1 aromatic rings. The highest BCUT2D eigenvalue weighted by molar-refractivity contribution is 9.10. The summed E-state index contributed by atoms with van der Waals surface area (Å²) in [5, 5.41) is 4.40. The fraction of sp³-hybridized carbons (Fsp3) is 0.500. The zero-order valence-electron chi connectivity index (χ0n) is 10.4. The molecule has 0 aromatic carbocycles. The van der Waals surface area contributed by atoms with E-state index in [9.17, 15) is 9.59 Å². The summed E-state index contributed by atoms with van der Waals surface area (Å²) in [7, 11) is 0. The van der Waals surface area contributed by atoms with Gasteiger partial charge in [0.25, 0.3) is 11.8 Å². The fourth-order valence-electron chi connectivity index (χ4n) is 1.91. The third-order valence-electron chi connectivity index (χ3n) is 2.85. The number of carbonyl (C=O) groups is 2. The molecule has 1 fully saturated rings. The lowest BCUT2D eigenvalue weighted by Crippen LogP contribution is -2.48. The Labute approximate surface area is 119 Å². The lowest BCUT2D eigenvalue weighted by molar-refractivity contribution is -0.125. The first-order valence-corrected chi connectivity index (χ1v) is 7.02. The SMILES string of the molecule is O=C(CNC(=O)c1ccc(Br)o1)NN1CCCCC1. The highest BCUT2D eigenvalue weighted by Gasteiger charge is 2.15. The second-order valence-corrected chi connectivity index (χ2v) is 5.15. The molecule has 0 radical (unpaired) electrons. The summed E-state index contributed by atoms with van der Waals surface area (Å²) in [6.07, 6.45) is 3.39. The van der Waals surface area contributed by atoms with E-state index >= 15 is 0 Å². The zero-order chi connectivity index (χ0) is 13.7. The first-order chi connectivity index (χ1) is 9.15. The molecule has 7 heteroatoms. The monoisotopic (exact) mass is 329 g/mol. The number of piperidine rings is 1. The van der Waals surface area contributed by atoms with Crippen LogP contribution in [0.25, 0.3) is 0 Å². The second kappa shape index (κ2) is 6.72. The largest absolute Gasteiger partial charge is 0.444 e. The molecule has 1 aromatic heterocycles. The van der Waals surface area contributed by atoms with Crippen molar-refractivity contribution in [3.63, 3.8) is 0 Å². The van der Waals surface area contributed by atoms with Crippen molar-refractivity contribution in [1.29, 1.82) is 0 Å². The van der Waals surface area contributed by atoms with Gasteiger partial charge in [0.05, 0.1) is 6.54 Å². The standard InChI is InChI=1S/C12H16BrN3O3/c13-10-5-4-9(19-10)12(18)14-8-11(17)15-16-6-2-1-3-7-16/h4-5H,1-3,6-8H2,(H,14,18)(H,15,17). The first kappa shape index (κ1) is 14.1. The van der Waals surface area contributed by atoms with E-state index in [0.717, 1.165) is 25.9 Å². The number of nitrogens with zero attached hydrogens (tertiary/aromatic N) is 1. The summed E-state index contributed by atoms with van der Waals surface area (Å²) in [4.78, 5) is 23.3. The minimum absolute atomic E-state index is 0.0619. The Bertz CT molecular complexity index is 455. The molecule has 2 heterocycles. The molecule has 1 saturated heterocycles. The molecular weight excluding hydrogens is 314 g/mol. The Balaban J connectivity index is 1.72. The summed E-state index contributed by atoms with van der Waals surface area (Å²) in [5.74, 6) is -0.446. The maximum absolute atomic E-state index is 11.6. The molecule has 0 atom stereocenters. The van der Waals surface area contributed by atoms with Gasteiger partial charge in [-0.3, -0.25) is 15.0 Å². The number of halogens is 1. The summed E-state index contributed by atoms with van der Waals surface area (Å²) in [6, 6.07) is 3.17. The normalized spacial score (nSPS) is 16.1. The van der Waals surface area contributed by atoms with Crippen molar-refractivity contribution >= 4 is 27.7 Å². The van der Waals surface area contributed by atoms with Gasteiger partial charge < -0.3 is 9.73 Å². The third-order valence-corrected chi connectivity index (χ3v) is 3.27. The number of furan rings is 1. The Hall–Kier alpha value is -1.34. The van der Waals surface area contributed by atoms with Gasteiger partial charge in [0.15, 0.2) is 10.4 Å². The second-order valence-electron chi connectivity index (χ2n) is 4.37. The maximum atomic E-state index is 11.6. The fourth-order valence-corrected chi connectivity index (χ4v) is 2.21. The summed E-state index contributed by atoms with van der Waals surface area (Å²) in [5.41, 5.74) is 2.77. The molecule has 0 aliphatic carbocycles. The lowest BCUT2D eigenvalue weighted by atomic mass is 10.2. The third kappa shape index (κ3) is 4.36. The molecule has 2 rings (SSSR count). The van der Waals surface area contributed by atoms with Gasteiger partial charge in [-0.05, 0) is 40.9 Å². The first-order valence-electron chi connectivity index (χ1n) is 6.23. The Morgan fingerprint density at radius 1 is 1.26 bits per heavy atom. The number of hydrogen-bond acceptors (Lipinski definition) is 4. The average Bonchev–Trinajstić information content (AvgIpc) is 2.84. The van der Waals surface area contributed by atoms with E-state index in [1.165, 1.54) is 6.42 Å². The number of carbonyl (C=O) groups excluding carboxylic acids is 2. The molecule has 0 saturated carbocycles. The van der Waals surface area contributed by atoms with Gasteiger partial charge in [0, 0.05) is 13.1 Å². The lowest BCUT2D eigenvalue weighted by Gasteiger charge is -2.26. The number of rotatable bonds is 4. The minimum Gasteiger partial charge on any atom is -0.444 e. The van der Waals surface area contributed by atoms with Crippen LogP contribution in [0.5, 0.6) is 0 Å². The highest BCUT2D eigenvalue weighted by atomic mass is 79.9. The zero-order valence-corrected chi connectivity index (χ0v) is 12.0. The summed E-state index contributed by atoms with van der Waals surface area (Å²) in [6.45, 7) is 1.67. The molecule has 1 aliphatic heterocycles. The van der Waals surface area contributed by atoms with Crippen LogP contribution in [0.2, 0.25) is 0 Å². The van der Waals surface area contributed by atoms with Crippen molar-refractivity contribution in [3.05, 3.63) is 22.6 Å². The summed E-state index contributed by atoms with van der Waals surface area (Å²) < 4.78 is 5.57. The van der Waals surface area contributed by atoms with E-state index in [1.807, 2.05) is 5.01 Å². The predicted molar refractivity (Wildman–Crippen MR) is 72.3 cm³/mol. The van der Waals surface area contributed by atoms with Crippen LogP contribution in [0.3, 0.4) is 0 Å². The average molecular weight is 330 g/mol. The Kier molecular flexibility index (Phi) is 4.98. The summed E-state index contributed by atoms with van der Waals surface area (Å²) >= 11 is 3.11. The van der Waals surface area contributed by atoms with Gasteiger partial charge in [-0.2, -0.15) is 0 Å². The predicted octanol–water partition coefficient (Wildman–Crippen LogP) is 1.29. The van der Waals surface area contributed by atoms with Crippen molar-refractivity contribution in [2.75, 3.05) is 19.6 Å². The van der Waals surface area contributed by atoms with Gasteiger partial charge in [-0.25, -0.2) is 5.01 Å². The topological polar surface area (TPSA) is 74.6 Å². The van der Waals surface area contributed by atoms with E-state index in [1.54, 1.807) is 12.1 Å². The molecule has 0 bridgehead atoms. The molecule has 0 unspecified atom stereocenters. The number of nitrogens with one attached hydrogen (secondary N) is 2. The maximum Gasteiger partial charge on any atom is 0.287 e. The molecule has 0 spiro atoms. The van der Waals surface area contributed by atoms with Crippen LogP contribution in [-0.4, -0.2) is 36.5 Å². The Morgan fingerprint density at radius 2 is 2.00 bits per heavy atom. The molecule has 6 nitrogen and oxygen atoms in total. The number of hydrogen-bond donors (Lipinski definition) is 2. The molecule has 19 heavy (non-hydrogen) atoms. The van der Waals surface area contributed by atoms with Crippen molar-refractivity contribution in [2.45, 2.75) is 19.3 Å². The molecular formula is C12H16BrN3O3. The number of hydrazine groups is 1. The van der Waals surface area contributed by atoms with Gasteiger partial charge in [-0.15, -0.1) is 0 Å². The molecule has 2 N–H and O–H groups in total. The molecule has 2 amide bonds. The quantitative estimate of drug-likeness (QED) is 0.872. The van der Waals surface area contributed by atoms with E-state index in [4.69, 9.17) is 4.42 Å².